The van der Waals surface area contributed by atoms with Crippen molar-refractivity contribution >= 4 is 0 Å². The van der Waals surface area contributed by atoms with Crippen LogP contribution in [0.25, 0.3) is 0 Å². The lowest BCUT2D eigenvalue weighted by molar-refractivity contribution is 0.637. The fourth-order valence-electron chi connectivity index (χ4n) is 2.03. The van der Waals surface area contributed by atoms with Gasteiger partial charge in [0, 0.05) is 0 Å². The monoisotopic (exact) mass is 180 g/mol. The Labute approximate surface area is 83.4 Å². The van der Waals surface area contributed by atoms with Gasteiger partial charge in [0.1, 0.15) is 0 Å². The standard InChI is InChI=1S/C13H24/c1-3-5-6-7-8-9-10-13-11-12(13)4-2/h7-8,12-13H,3-6,9-11H2,1-2H3/b8-7-/t12-,13-/m0/s1. The summed E-state index contributed by atoms with van der Waals surface area (Å²) in [6.07, 6.45) is 14.4. The van der Waals surface area contributed by atoms with Gasteiger partial charge in [-0.3, -0.25) is 0 Å². The van der Waals surface area contributed by atoms with Gasteiger partial charge in [0.2, 0.25) is 0 Å². The molecule has 0 aromatic heterocycles. The van der Waals surface area contributed by atoms with E-state index in [1.807, 2.05) is 0 Å². The van der Waals surface area contributed by atoms with Gasteiger partial charge >= 0.3 is 0 Å². The van der Waals surface area contributed by atoms with E-state index in [1.165, 1.54) is 44.9 Å². The Morgan fingerprint density at radius 3 is 2.46 bits per heavy atom. The maximum absolute atomic E-state index is 2.39. The predicted octanol–water partition coefficient (Wildman–Crippen LogP) is 4.56. The fourth-order valence-corrected chi connectivity index (χ4v) is 2.03. The van der Waals surface area contributed by atoms with Gasteiger partial charge in [0.15, 0.2) is 0 Å². The molecule has 0 heterocycles. The molecule has 0 nitrogen and oxygen atoms in total. The molecule has 0 bridgehead atoms. The highest BCUT2D eigenvalue weighted by atomic mass is 14.4. The van der Waals surface area contributed by atoms with E-state index in [1.54, 1.807) is 0 Å². The number of hydrogen-bond donors (Lipinski definition) is 0. The van der Waals surface area contributed by atoms with Crippen molar-refractivity contribution in [3.05, 3.63) is 12.2 Å². The van der Waals surface area contributed by atoms with Gasteiger partial charge in [-0.15, -0.1) is 0 Å². The molecule has 13 heavy (non-hydrogen) atoms. The van der Waals surface area contributed by atoms with Gasteiger partial charge in [-0.1, -0.05) is 45.3 Å². The topological polar surface area (TPSA) is 0 Å². The third-order valence-corrected chi connectivity index (χ3v) is 3.19. The van der Waals surface area contributed by atoms with Crippen LogP contribution in [-0.2, 0) is 0 Å². The highest BCUT2D eigenvalue weighted by Crippen LogP contribution is 2.44. The third kappa shape index (κ3) is 4.50. The van der Waals surface area contributed by atoms with Gasteiger partial charge in [-0.2, -0.15) is 0 Å². The number of hydrogen-bond acceptors (Lipinski definition) is 0. The molecule has 0 unspecified atom stereocenters. The third-order valence-electron chi connectivity index (χ3n) is 3.19. The molecule has 0 radical (unpaired) electrons. The minimum Gasteiger partial charge on any atom is -0.0885 e. The van der Waals surface area contributed by atoms with Gasteiger partial charge in [-0.25, -0.2) is 0 Å². The Balaban J connectivity index is 1.87. The van der Waals surface area contributed by atoms with Crippen molar-refractivity contribution < 1.29 is 0 Å². The molecule has 1 aliphatic rings. The van der Waals surface area contributed by atoms with E-state index in [-0.39, 0.29) is 0 Å². The van der Waals surface area contributed by atoms with Crippen LogP contribution in [-0.4, -0.2) is 0 Å². The average molecular weight is 180 g/mol. The second-order valence-corrected chi connectivity index (χ2v) is 4.36. The van der Waals surface area contributed by atoms with Crippen LogP contribution < -0.4 is 0 Å². The minimum absolute atomic E-state index is 1.08. The van der Waals surface area contributed by atoms with E-state index in [0.717, 1.165) is 11.8 Å². The Hall–Kier alpha value is -0.260. The highest BCUT2D eigenvalue weighted by Gasteiger charge is 2.33. The zero-order valence-corrected chi connectivity index (χ0v) is 9.26. The van der Waals surface area contributed by atoms with Gasteiger partial charge < -0.3 is 0 Å². The van der Waals surface area contributed by atoms with Crippen molar-refractivity contribution in [3.63, 3.8) is 0 Å². The van der Waals surface area contributed by atoms with Crippen LogP contribution in [0.2, 0.25) is 0 Å². The Morgan fingerprint density at radius 1 is 1.08 bits per heavy atom. The van der Waals surface area contributed by atoms with Crippen molar-refractivity contribution in [2.45, 2.75) is 58.8 Å². The summed E-state index contributed by atoms with van der Waals surface area (Å²) in [6.45, 7) is 4.58. The molecular formula is C13H24. The summed E-state index contributed by atoms with van der Waals surface area (Å²) < 4.78 is 0. The van der Waals surface area contributed by atoms with E-state index in [2.05, 4.69) is 26.0 Å². The van der Waals surface area contributed by atoms with Gasteiger partial charge in [0.25, 0.3) is 0 Å². The summed E-state index contributed by atoms with van der Waals surface area (Å²) >= 11 is 0. The summed E-state index contributed by atoms with van der Waals surface area (Å²) in [5.74, 6) is 2.17. The molecule has 0 spiro atoms. The van der Waals surface area contributed by atoms with Crippen molar-refractivity contribution in [3.8, 4) is 0 Å². The highest BCUT2D eigenvalue weighted by molar-refractivity contribution is 4.89. The largest absolute Gasteiger partial charge is 0.0885 e. The fraction of sp³-hybridized carbons (Fsp3) is 0.846. The smallest absolute Gasteiger partial charge is 0.0348 e. The normalized spacial score (nSPS) is 26.9. The molecule has 0 aromatic carbocycles. The Morgan fingerprint density at radius 2 is 1.85 bits per heavy atom. The summed E-state index contributed by atoms with van der Waals surface area (Å²) in [4.78, 5) is 0. The van der Waals surface area contributed by atoms with Crippen LogP contribution in [0.15, 0.2) is 12.2 Å². The molecule has 1 saturated carbocycles. The second kappa shape index (κ2) is 6.23. The van der Waals surface area contributed by atoms with Crippen molar-refractivity contribution in [2.24, 2.45) is 11.8 Å². The summed E-state index contributed by atoms with van der Waals surface area (Å²) in [5, 5.41) is 0. The molecule has 0 heteroatoms. The first kappa shape index (κ1) is 10.8. The quantitative estimate of drug-likeness (QED) is 0.398. The lowest BCUT2D eigenvalue weighted by Crippen LogP contribution is -1.79. The first-order chi connectivity index (χ1) is 6.38. The molecule has 0 amide bonds. The molecule has 1 rings (SSSR count). The molecule has 2 atom stereocenters. The van der Waals surface area contributed by atoms with Gasteiger partial charge in [0.05, 0.1) is 0 Å². The molecule has 1 aliphatic carbocycles. The van der Waals surface area contributed by atoms with E-state index in [9.17, 15) is 0 Å². The van der Waals surface area contributed by atoms with Crippen molar-refractivity contribution in [2.75, 3.05) is 0 Å². The predicted molar refractivity (Wildman–Crippen MR) is 59.8 cm³/mol. The summed E-state index contributed by atoms with van der Waals surface area (Å²) in [7, 11) is 0. The number of allylic oxidation sites excluding steroid dienone is 2. The maximum Gasteiger partial charge on any atom is -0.0348 e. The minimum atomic E-state index is 1.08. The van der Waals surface area contributed by atoms with Crippen LogP contribution >= 0.6 is 0 Å². The molecule has 0 N–H and O–H groups in total. The summed E-state index contributed by atoms with van der Waals surface area (Å²) in [5.41, 5.74) is 0. The van der Waals surface area contributed by atoms with Crippen molar-refractivity contribution in [1.82, 2.24) is 0 Å². The molecule has 0 saturated heterocycles. The van der Waals surface area contributed by atoms with E-state index >= 15 is 0 Å². The first-order valence-corrected chi connectivity index (χ1v) is 6.03. The zero-order chi connectivity index (χ0) is 9.52. The van der Waals surface area contributed by atoms with E-state index < -0.39 is 0 Å². The van der Waals surface area contributed by atoms with Gasteiger partial charge in [-0.05, 0) is 37.5 Å². The van der Waals surface area contributed by atoms with E-state index in [4.69, 9.17) is 0 Å². The molecular weight excluding hydrogens is 156 g/mol. The number of unbranched alkanes of at least 4 members (excludes halogenated alkanes) is 2. The molecule has 1 fully saturated rings. The lowest BCUT2D eigenvalue weighted by atomic mass is 10.1. The molecule has 0 aromatic rings. The van der Waals surface area contributed by atoms with Crippen LogP contribution in [0.3, 0.4) is 0 Å². The summed E-state index contributed by atoms with van der Waals surface area (Å²) in [6, 6.07) is 0. The Kier molecular flexibility index (Phi) is 5.19. The SMILES string of the molecule is CCCC/C=C\CC[C@H]1C[C@@H]1CC. The van der Waals surface area contributed by atoms with Crippen LogP contribution in [0, 0.1) is 11.8 Å². The van der Waals surface area contributed by atoms with Crippen molar-refractivity contribution in [1.29, 1.82) is 0 Å². The maximum atomic E-state index is 2.39. The van der Waals surface area contributed by atoms with Crippen LogP contribution in [0.4, 0.5) is 0 Å². The molecule has 76 valence electrons. The molecule has 0 aliphatic heterocycles. The van der Waals surface area contributed by atoms with Crippen LogP contribution in [0.5, 0.6) is 0 Å². The van der Waals surface area contributed by atoms with E-state index in [0.29, 0.717) is 0 Å². The second-order valence-electron chi connectivity index (χ2n) is 4.36. The average Bonchev–Trinajstić information content (AvgIpc) is 2.90. The first-order valence-electron chi connectivity index (χ1n) is 6.03. The van der Waals surface area contributed by atoms with Crippen LogP contribution in [0.1, 0.15) is 58.8 Å². The number of rotatable bonds is 7. The Bertz CT molecular complexity index is 146. The lowest BCUT2D eigenvalue weighted by Gasteiger charge is -1.93. The zero-order valence-electron chi connectivity index (χ0n) is 9.26.